The molecule has 0 spiro atoms. The van der Waals surface area contributed by atoms with E-state index in [1.54, 1.807) is 0 Å². The Morgan fingerprint density at radius 1 is 0.833 bits per heavy atom. The highest BCUT2D eigenvalue weighted by Crippen LogP contribution is 2.24. The molecule has 0 atom stereocenters. The van der Waals surface area contributed by atoms with Gasteiger partial charge in [0.2, 0.25) is 5.95 Å². The molecule has 0 aliphatic rings. The third-order valence-corrected chi connectivity index (χ3v) is 4.43. The summed E-state index contributed by atoms with van der Waals surface area (Å²) in [7, 11) is 0. The van der Waals surface area contributed by atoms with Crippen molar-refractivity contribution in [3.8, 4) is 0 Å². The van der Waals surface area contributed by atoms with Gasteiger partial charge in [0, 0.05) is 27.6 Å². The molecule has 1 heterocycles. The van der Waals surface area contributed by atoms with Crippen LogP contribution in [0.1, 0.15) is 16.8 Å². The maximum atomic E-state index is 4.56. The molecule has 0 aliphatic heterocycles. The van der Waals surface area contributed by atoms with Crippen molar-refractivity contribution < 1.29 is 0 Å². The minimum Gasteiger partial charge on any atom is -0.340 e. The van der Waals surface area contributed by atoms with Crippen LogP contribution in [-0.2, 0) is 0 Å². The van der Waals surface area contributed by atoms with Crippen molar-refractivity contribution in [2.24, 2.45) is 0 Å². The van der Waals surface area contributed by atoms with Crippen molar-refractivity contribution >= 4 is 39.1 Å². The lowest BCUT2D eigenvalue weighted by Gasteiger charge is -2.11. The Morgan fingerprint density at radius 2 is 1.62 bits per heavy atom. The molecule has 122 valence electrons. The van der Waals surface area contributed by atoms with Crippen LogP contribution in [0, 0.1) is 20.8 Å². The van der Waals surface area contributed by atoms with Gasteiger partial charge in [-0.25, -0.2) is 4.98 Å². The molecule has 4 nitrogen and oxygen atoms in total. The zero-order valence-corrected chi connectivity index (χ0v) is 15.5. The third-order valence-electron chi connectivity index (χ3n) is 3.57. The first kappa shape index (κ1) is 16.5. The van der Waals surface area contributed by atoms with Gasteiger partial charge in [-0.15, -0.1) is 0 Å². The molecule has 2 aromatic carbocycles. The van der Waals surface area contributed by atoms with Crippen molar-refractivity contribution in [2.45, 2.75) is 20.8 Å². The van der Waals surface area contributed by atoms with Crippen LogP contribution in [0.4, 0.5) is 23.1 Å². The lowest BCUT2D eigenvalue weighted by molar-refractivity contribution is 1.11. The van der Waals surface area contributed by atoms with Crippen molar-refractivity contribution in [3.63, 3.8) is 0 Å². The summed E-state index contributed by atoms with van der Waals surface area (Å²) in [5, 5.41) is 6.59. The van der Waals surface area contributed by atoms with Crippen LogP contribution in [0.15, 0.2) is 53.0 Å². The van der Waals surface area contributed by atoms with E-state index >= 15 is 0 Å². The van der Waals surface area contributed by atoms with Gasteiger partial charge in [0.05, 0.1) is 0 Å². The Morgan fingerprint density at radius 3 is 2.38 bits per heavy atom. The van der Waals surface area contributed by atoms with Crippen LogP contribution in [0.3, 0.4) is 0 Å². The van der Waals surface area contributed by atoms with Crippen LogP contribution in [-0.4, -0.2) is 9.97 Å². The van der Waals surface area contributed by atoms with Gasteiger partial charge in [-0.1, -0.05) is 34.1 Å². The standard InChI is InChI=1S/C19H19BrN4/c1-12-5-4-6-15(9-12)23-19-21-14(3)10-18(24-19)22-16-8-7-13(2)17(20)11-16/h4-11H,1-3H3,(H2,21,22,23,24). The van der Waals surface area contributed by atoms with E-state index in [0.29, 0.717) is 5.95 Å². The molecular weight excluding hydrogens is 364 g/mol. The number of aryl methyl sites for hydroxylation is 3. The molecule has 2 N–H and O–H groups in total. The number of nitrogens with one attached hydrogen (secondary N) is 2. The summed E-state index contributed by atoms with van der Waals surface area (Å²) in [5.74, 6) is 1.34. The van der Waals surface area contributed by atoms with E-state index in [9.17, 15) is 0 Å². The Balaban J connectivity index is 1.84. The Kier molecular flexibility index (Phi) is 4.81. The number of rotatable bonds is 4. The van der Waals surface area contributed by atoms with Crippen LogP contribution in [0.25, 0.3) is 0 Å². The first-order valence-electron chi connectivity index (χ1n) is 7.72. The molecule has 0 amide bonds. The lowest BCUT2D eigenvalue weighted by Crippen LogP contribution is -2.02. The molecule has 0 aliphatic carbocycles. The largest absolute Gasteiger partial charge is 0.340 e. The van der Waals surface area contributed by atoms with Gasteiger partial charge in [-0.2, -0.15) is 4.98 Å². The molecule has 0 saturated heterocycles. The third kappa shape index (κ3) is 4.11. The Hall–Kier alpha value is -2.40. The number of benzene rings is 2. The lowest BCUT2D eigenvalue weighted by atomic mass is 10.2. The molecule has 3 rings (SSSR count). The highest BCUT2D eigenvalue weighted by Gasteiger charge is 2.05. The average Bonchev–Trinajstić information content (AvgIpc) is 2.50. The van der Waals surface area contributed by atoms with Crippen LogP contribution in [0.5, 0.6) is 0 Å². The van der Waals surface area contributed by atoms with E-state index in [4.69, 9.17) is 0 Å². The summed E-state index contributed by atoms with van der Waals surface area (Å²) in [6, 6.07) is 16.2. The second-order valence-corrected chi connectivity index (χ2v) is 6.66. The molecule has 0 saturated carbocycles. The second kappa shape index (κ2) is 7.01. The van der Waals surface area contributed by atoms with Gasteiger partial charge in [-0.05, 0) is 56.2 Å². The molecule has 0 bridgehead atoms. The van der Waals surface area contributed by atoms with E-state index in [0.717, 1.165) is 27.4 Å². The first-order chi connectivity index (χ1) is 11.5. The van der Waals surface area contributed by atoms with Gasteiger partial charge in [0.15, 0.2) is 0 Å². The number of nitrogens with zero attached hydrogens (tertiary/aromatic N) is 2. The Bertz CT molecular complexity index is 877. The van der Waals surface area contributed by atoms with Crippen molar-refractivity contribution in [3.05, 3.63) is 69.8 Å². The monoisotopic (exact) mass is 382 g/mol. The van der Waals surface area contributed by atoms with Crippen LogP contribution >= 0.6 is 15.9 Å². The molecule has 0 radical (unpaired) electrons. The fraction of sp³-hybridized carbons (Fsp3) is 0.158. The smallest absolute Gasteiger partial charge is 0.229 e. The van der Waals surface area contributed by atoms with Gasteiger partial charge < -0.3 is 10.6 Å². The summed E-state index contributed by atoms with van der Waals surface area (Å²) in [6.45, 7) is 6.08. The molecule has 3 aromatic rings. The number of anilines is 4. The van der Waals surface area contributed by atoms with Crippen molar-refractivity contribution in [1.29, 1.82) is 0 Å². The first-order valence-corrected chi connectivity index (χ1v) is 8.51. The minimum absolute atomic E-state index is 0.578. The number of hydrogen-bond donors (Lipinski definition) is 2. The molecule has 0 fully saturated rings. The van der Waals surface area contributed by atoms with Gasteiger partial charge in [0.25, 0.3) is 0 Å². The van der Waals surface area contributed by atoms with E-state index < -0.39 is 0 Å². The topological polar surface area (TPSA) is 49.8 Å². The summed E-state index contributed by atoms with van der Waals surface area (Å²) >= 11 is 3.55. The van der Waals surface area contributed by atoms with Gasteiger partial charge in [0.1, 0.15) is 5.82 Å². The van der Waals surface area contributed by atoms with E-state index in [2.05, 4.69) is 68.6 Å². The van der Waals surface area contributed by atoms with Crippen molar-refractivity contribution in [2.75, 3.05) is 10.6 Å². The maximum absolute atomic E-state index is 4.56. The fourth-order valence-electron chi connectivity index (χ4n) is 2.36. The summed E-state index contributed by atoms with van der Waals surface area (Å²) in [4.78, 5) is 9.02. The number of aromatic nitrogens is 2. The number of halogens is 1. The predicted octanol–water partition coefficient (Wildman–Crippen LogP) is 5.65. The zero-order valence-electron chi connectivity index (χ0n) is 13.9. The Labute approximate surface area is 150 Å². The van der Waals surface area contributed by atoms with Crippen molar-refractivity contribution in [1.82, 2.24) is 9.97 Å². The van der Waals surface area contributed by atoms with E-state index in [1.807, 2.05) is 37.3 Å². The van der Waals surface area contributed by atoms with Crippen LogP contribution < -0.4 is 10.6 Å². The molecule has 0 unspecified atom stereocenters. The normalized spacial score (nSPS) is 10.5. The maximum Gasteiger partial charge on any atom is 0.229 e. The number of hydrogen-bond acceptors (Lipinski definition) is 4. The highest BCUT2D eigenvalue weighted by molar-refractivity contribution is 9.10. The molecular formula is C19H19BrN4. The molecule has 5 heteroatoms. The fourth-order valence-corrected chi connectivity index (χ4v) is 2.74. The summed E-state index contributed by atoms with van der Waals surface area (Å²) in [6.07, 6.45) is 0. The quantitative estimate of drug-likeness (QED) is 0.611. The van der Waals surface area contributed by atoms with Gasteiger partial charge >= 0.3 is 0 Å². The average molecular weight is 383 g/mol. The van der Waals surface area contributed by atoms with Gasteiger partial charge in [-0.3, -0.25) is 0 Å². The van der Waals surface area contributed by atoms with E-state index in [-0.39, 0.29) is 0 Å². The zero-order chi connectivity index (χ0) is 17.1. The highest BCUT2D eigenvalue weighted by atomic mass is 79.9. The SMILES string of the molecule is Cc1cccc(Nc2nc(C)cc(Nc3ccc(C)c(Br)c3)n2)c1. The molecule has 1 aromatic heterocycles. The summed E-state index contributed by atoms with van der Waals surface area (Å²) in [5.41, 5.74) is 5.24. The molecule has 24 heavy (non-hydrogen) atoms. The summed E-state index contributed by atoms with van der Waals surface area (Å²) < 4.78 is 1.07. The minimum atomic E-state index is 0.578. The van der Waals surface area contributed by atoms with E-state index in [1.165, 1.54) is 11.1 Å². The van der Waals surface area contributed by atoms with Crippen LogP contribution in [0.2, 0.25) is 0 Å². The predicted molar refractivity (Wildman–Crippen MR) is 103 cm³/mol. The second-order valence-electron chi connectivity index (χ2n) is 5.80.